The second kappa shape index (κ2) is 11.8. The van der Waals surface area contributed by atoms with Crippen LogP contribution in [-0.2, 0) is 14.8 Å². The molecule has 2 aliphatic heterocycles. The number of sulfonamides is 1. The smallest absolute Gasteiger partial charge is 0.243 e. The van der Waals surface area contributed by atoms with E-state index in [0.29, 0.717) is 29.8 Å². The summed E-state index contributed by atoms with van der Waals surface area (Å²) in [6.45, 7) is 9.66. The van der Waals surface area contributed by atoms with Gasteiger partial charge in [0, 0.05) is 39.3 Å². The molecule has 0 aliphatic carbocycles. The molecule has 1 amide bonds. The number of hydrogen-bond donors (Lipinski definition) is 0. The van der Waals surface area contributed by atoms with E-state index in [-0.39, 0.29) is 24.7 Å². The summed E-state index contributed by atoms with van der Waals surface area (Å²) in [6, 6.07) is 15.0. The largest absolute Gasteiger partial charge is 0.354 e. The van der Waals surface area contributed by atoms with Gasteiger partial charge in [0.2, 0.25) is 15.9 Å². The number of aromatic nitrogens is 2. The van der Waals surface area contributed by atoms with Crippen molar-refractivity contribution in [2.45, 2.75) is 49.5 Å². The maximum Gasteiger partial charge on any atom is 0.243 e. The Kier molecular flexibility index (Phi) is 8.44. The molecule has 1 aromatic heterocycles. The molecule has 0 bridgehead atoms. The van der Waals surface area contributed by atoms with Gasteiger partial charge in [0.25, 0.3) is 0 Å². The maximum atomic E-state index is 13.2. The highest BCUT2D eigenvalue weighted by Crippen LogP contribution is 2.32. The molecule has 0 unspecified atom stereocenters. The molecule has 39 heavy (non-hydrogen) atoms. The quantitative estimate of drug-likeness (QED) is 0.385. The molecule has 0 radical (unpaired) electrons. The van der Waals surface area contributed by atoms with Crippen LogP contribution in [0.4, 0.5) is 5.82 Å². The molecule has 8 nitrogen and oxygen atoms in total. The van der Waals surface area contributed by atoms with Crippen LogP contribution in [0.5, 0.6) is 0 Å². The number of piperazine rings is 1. The first-order valence-electron chi connectivity index (χ1n) is 13.7. The Hall–Kier alpha value is -2.69. The van der Waals surface area contributed by atoms with E-state index in [0.717, 1.165) is 53.4 Å². The van der Waals surface area contributed by atoms with Crippen molar-refractivity contribution in [2.24, 2.45) is 5.92 Å². The third kappa shape index (κ3) is 6.23. The lowest BCUT2D eigenvalue weighted by Gasteiger charge is -2.34. The zero-order valence-electron chi connectivity index (χ0n) is 22.9. The van der Waals surface area contributed by atoms with Crippen molar-refractivity contribution in [3.63, 3.8) is 0 Å². The Morgan fingerprint density at radius 2 is 1.54 bits per heavy atom. The second-order valence-corrected chi connectivity index (χ2v) is 13.7. The highest BCUT2D eigenvalue weighted by Gasteiger charge is 2.30. The number of rotatable bonds is 7. The van der Waals surface area contributed by atoms with E-state index >= 15 is 0 Å². The molecule has 10 heteroatoms. The average Bonchev–Trinajstić information content (AvgIpc) is 2.96. The van der Waals surface area contributed by atoms with Crippen LogP contribution in [-0.4, -0.2) is 78.5 Å². The molecular formula is C29H37N5O3S2. The summed E-state index contributed by atoms with van der Waals surface area (Å²) in [5, 5.41) is 0.780. The molecule has 0 spiro atoms. The Labute approximate surface area is 235 Å². The number of carbonyl (C=O) groups is 1. The summed E-state index contributed by atoms with van der Waals surface area (Å²) in [7, 11) is -3.59. The van der Waals surface area contributed by atoms with Crippen LogP contribution in [0.15, 0.2) is 58.5 Å². The number of amides is 1. The molecule has 0 atom stereocenters. The SMILES string of the molecule is CC1CCN(c2nc3ccccc3nc2SCC(=O)N2CCN(S(=O)(=O)c3ccc(C(C)C)cc3)CC2)CC1. The van der Waals surface area contributed by atoms with Gasteiger partial charge in [-0.3, -0.25) is 4.79 Å². The molecule has 0 N–H and O–H groups in total. The van der Waals surface area contributed by atoms with Gasteiger partial charge in [-0.05, 0) is 54.5 Å². The summed E-state index contributed by atoms with van der Waals surface area (Å²) in [4.78, 5) is 27.3. The summed E-state index contributed by atoms with van der Waals surface area (Å²) in [5.41, 5.74) is 2.79. The highest BCUT2D eigenvalue weighted by molar-refractivity contribution is 8.00. The number of carbonyl (C=O) groups excluding carboxylic acids is 1. The molecular weight excluding hydrogens is 530 g/mol. The second-order valence-electron chi connectivity index (χ2n) is 10.8. The monoisotopic (exact) mass is 567 g/mol. The lowest BCUT2D eigenvalue weighted by Crippen LogP contribution is -2.51. The number of benzene rings is 2. The van der Waals surface area contributed by atoms with Gasteiger partial charge in [0.15, 0.2) is 5.82 Å². The fourth-order valence-corrected chi connectivity index (χ4v) is 7.40. The number of para-hydroxylation sites is 2. The van der Waals surface area contributed by atoms with Crippen molar-refractivity contribution >= 4 is 44.5 Å². The molecule has 2 fully saturated rings. The fraction of sp³-hybridized carbons (Fsp3) is 0.483. The normalized spacial score (nSPS) is 17.7. The third-order valence-electron chi connectivity index (χ3n) is 7.71. The van der Waals surface area contributed by atoms with Gasteiger partial charge in [-0.25, -0.2) is 18.4 Å². The Bertz CT molecular complexity index is 1410. The fourth-order valence-electron chi connectivity index (χ4n) is 5.07. The Balaban J connectivity index is 1.23. The van der Waals surface area contributed by atoms with E-state index < -0.39 is 10.0 Å². The summed E-state index contributed by atoms with van der Waals surface area (Å²) in [6.07, 6.45) is 2.24. The molecule has 2 aromatic carbocycles. The number of piperidine rings is 1. The van der Waals surface area contributed by atoms with Crippen molar-refractivity contribution in [1.82, 2.24) is 19.2 Å². The van der Waals surface area contributed by atoms with E-state index in [4.69, 9.17) is 9.97 Å². The van der Waals surface area contributed by atoms with E-state index in [1.807, 2.05) is 36.4 Å². The lowest BCUT2D eigenvalue weighted by molar-refractivity contribution is -0.129. The van der Waals surface area contributed by atoms with Gasteiger partial charge < -0.3 is 9.80 Å². The number of nitrogens with zero attached hydrogens (tertiary/aromatic N) is 5. The Morgan fingerprint density at radius 1 is 0.923 bits per heavy atom. The minimum Gasteiger partial charge on any atom is -0.354 e. The molecule has 208 valence electrons. The first-order chi connectivity index (χ1) is 18.7. The molecule has 2 aliphatic rings. The van der Waals surface area contributed by atoms with Crippen LogP contribution in [0.25, 0.3) is 11.0 Å². The zero-order valence-corrected chi connectivity index (χ0v) is 24.5. The van der Waals surface area contributed by atoms with Gasteiger partial charge >= 0.3 is 0 Å². The van der Waals surface area contributed by atoms with Crippen LogP contribution >= 0.6 is 11.8 Å². The van der Waals surface area contributed by atoms with Crippen molar-refractivity contribution in [3.05, 3.63) is 54.1 Å². The average molecular weight is 568 g/mol. The first-order valence-corrected chi connectivity index (χ1v) is 16.2. The number of anilines is 1. The number of fused-ring (bicyclic) bond motifs is 1. The van der Waals surface area contributed by atoms with Crippen molar-refractivity contribution in [1.29, 1.82) is 0 Å². The predicted octanol–water partition coefficient (Wildman–Crippen LogP) is 4.61. The molecule has 2 saturated heterocycles. The van der Waals surface area contributed by atoms with E-state index in [1.165, 1.54) is 16.1 Å². The van der Waals surface area contributed by atoms with Crippen LogP contribution in [0.3, 0.4) is 0 Å². The third-order valence-corrected chi connectivity index (χ3v) is 10.6. The molecule has 5 rings (SSSR count). The topological polar surface area (TPSA) is 86.7 Å². The standard InChI is InChI=1S/C29H37N5O3S2/c1-21(2)23-8-10-24(11-9-23)39(36,37)34-18-16-32(17-19-34)27(35)20-38-29-28(33-14-12-22(3)13-15-33)30-25-6-4-5-7-26(25)31-29/h4-11,21-22H,12-20H2,1-3H3. The summed E-state index contributed by atoms with van der Waals surface area (Å²) < 4.78 is 27.8. The Morgan fingerprint density at radius 3 is 2.15 bits per heavy atom. The molecule has 3 aromatic rings. The number of hydrogen-bond acceptors (Lipinski definition) is 7. The van der Waals surface area contributed by atoms with E-state index in [2.05, 4.69) is 25.7 Å². The van der Waals surface area contributed by atoms with Crippen LogP contribution in [0.1, 0.15) is 45.1 Å². The van der Waals surface area contributed by atoms with Crippen molar-refractivity contribution in [2.75, 3.05) is 49.9 Å². The minimum absolute atomic E-state index is 0.00786. The summed E-state index contributed by atoms with van der Waals surface area (Å²) >= 11 is 1.43. The number of thioether (sulfide) groups is 1. The lowest BCUT2D eigenvalue weighted by atomic mass is 9.99. The first kappa shape index (κ1) is 27.9. The highest BCUT2D eigenvalue weighted by atomic mass is 32.2. The zero-order chi connectivity index (χ0) is 27.6. The maximum absolute atomic E-state index is 13.2. The van der Waals surface area contributed by atoms with E-state index in [9.17, 15) is 13.2 Å². The van der Waals surface area contributed by atoms with Gasteiger partial charge in [-0.15, -0.1) is 0 Å². The van der Waals surface area contributed by atoms with E-state index in [1.54, 1.807) is 17.0 Å². The van der Waals surface area contributed by atoms with Crippen LogP contribution in [0.2, 0.25) is 0 Å². The minimum atomic E-state index is -3.59. The van der Waals surface area contributed by atoms with Crippen LogP contribution < -0.4 is 4.90 Å². The van der Waals surface area contributed by atoms with Gasteiger partial charge in [-0.1, -0.05) is 56.8 Å². The molecule has 0 saturated carbocycles. The predicted molar refractivity (Wildman–Crippen MR) is 157 cm³/mol. The van der Waals surface area contributed by atoms with Gasteiger partial charge in [0.1, 0.15) is 5.03 Å². The van der Waals surface area contributed by atoms with Crippen LogP contribution in [0, 0.1) is 5.92 Å². The van der Waals surface area contributed by atoms with Gasteiger partial charge in [0.05, 0.1) is 21.7 Å². The van der Waals surface area contributed by atoms with Crippen molar-refractivity contribution in [3.8, 4) is 0 Å². The van der Waals surface area contributed by atoms with Gasteiger partial charge in [-0.2, -0.15) is 4.31 Å². The van der Waals surface area contributed by atoms with Crippen molar-refractivity contribution < 1.29 is 13.2 Å². The molecule has 3 heterocycles. The summed E-state index contributed by atoms with van der Waals surface area (Å²) in [5.74, 6) is 2.14.